The number of aryl methyl sites for hydroxylation is 1. The van der Waals surface area contributed by atoms with E-state index in [-0.39, 0.29) is 27.4 Å². The van der Waals surface area contributed by atoms with Crippen LogP contribution < -0.4 is 0 Å². The second-order valence-electron chi connectivity index (χ2n) is 24.3. The van der Waals surface area contributed by atoms with Gasteiger partial charge in [-0.3, -0.25) is 9.55 Å². The maximum Gasteiger partial charge on any atom is 0.149 e. The molecule has 9 aromatic rings. The molecule has 0 amide bonds. The topological polar surface area (TPSA) is 50.9 Å². The number of imidazole rings is 1. The molecule has 0 fully saturated rings. The highest BCUT2D eigenvalue weighted by Gasteiger charge is 2.30. The van der Waals surface area contributed by atoms with E-state index in [4.69, 9.17) is 11.3 Å². The molecule has 2 heterocycles. The van der Waals surface area contributed by atoms with Gasteiger partial charge in [0.05, 0.1) is 28.0 Å². The predicted molar refractivity (Wildman–Crippen MR) is 307 cm³/mol. The van der Waals surface area contributed by atoms with Crippen LogP contribution in [-0.4, -0.2) is 19.6 Å². The van der Waals surface area contributed by atoms with Crippen LogP contribution in [0.1, 0.15) is 138 Å². The molecule has 0 aliphatic heterocycles. The van der Waals surface area contributed by atoms with Crippen LogP contribution in [0.2, 0.25) is 0 Å². The first kappa shape index (κ1) is 48.6. The minimum atomic E-state index is -0.676. The second kappa shape index (κ2) is 18.5. The Morgan fingerprint density at radius 2 is 1.10 bits per heavy atom. The molecule has 4 heteroatoms. The lowest BCUT2D eigenvalue weighted by molar-refractivity contribution is 0.446. The summed E-state index contributed by atoms with van der Waals surface area (Å²) in [7, 11) is 0. The molecule has 0 aliphatic carbocycles. The van der Waals surface area contributed by atoms with E-state index in [2.05, 4.69) is 246 Å². The molecule has 0 aliphatic rings. The molecule has 0 radical (unpaired) electrons. The first-order chi connectivity index (χ1) is 34.2. The van der Waals surface area contributed by atoms with Crippen molar-refractivity contribution < 1.29 is 6.48 Å². The number of phenols is 1. The number of fused-ring (bicyclic) bond motifs is 1. The van der Waals surface area contributed by atoms with E-state index in [1.807, 2.05) is 20.0 Å². The Hall–Kier alpha value is -7.04. The highest BCUT2D eigenvalue weighted by molar-refractivity contribution is 5.98. The lowest BCUT2D eigenvalue weighted by atomic mass is 9.79. The molecule has 366 valence electrons. The summed E-state index contributed by atoms with van der Waals surface area (Å²) >= 11 is 0. The predicted octanol–water partition coefficient (Wildman–Crippen LogP) is 18.7. The van der Waals surface area contributed by atoms with Gasteiger partial charge in [-0.25, -0.2) is 4.98 Å². The van der Waals surface area contributed by atoms with Crippen molar-refractivity contribution in [1.29, 1.82) is 0 Å². The van der Waals surface area contributed by atoms with Gasteiger partial charge in [0, 0.05) is 29.8 Å². The van der Waals surface area contributed by atoms with E-state index in [0.717, 1.165) is 83.6 Å². The average molecular weight is 949 g/mol. The zero-order valence-corrected chi connectivity index (χ0v) is 45.3. The minimum absolute atomic E-state index is 0.0409. The Balaban J connectivity index is 1.33. The molecule has 9 rings (SSSR count). The number of hydrogen-bond acceptors (Lipinski definition) is 3. The van der Waals surface area contributed by atoms with Crippen LogP contribution in [-0.2, 0) is 21.7 Å². The second-order valence-corrected chi connectivity index (χ2v) is 24.3. The van der Waals surface area contributed by atoms with Gasteiger partial charge in [-0.1, -0.05) is 200 Å². The lowest BCUT2D eigenvalue weighted by Gasteiger charge is -2.28. The quantitative estimate of drug-likeness (QED) is 0.165. The molecule has 72 heavy (non-hydrogen) atoms. The molecule has 4 nitrogen and oxygen atoms in total. The molecular weight excluding hydrogens is 875 g/mol. The first-order valence-electron chi connectivity index (χ1n) is 26.1. The number of pyridine rings is 1. The fraction of sp³-hybridized carbons (Fsp3) is 0.294. The maximum atomic E-state index is 12.7. The molecule has 0 saturated heterocycles. The van der Waals surface area contributed by atoms with Gasteiger partial charge in [-0.2, -0.15) is 0 Å². The molecule has 0 unspecified atom stereocenters. The molecule has 0 spiro atoms. The van der Waals surface area contributed by atoms with E-state index in [9.17, 15) is 5.11 Å². The van der Waals surface area contributed by atoms with Crippen molar-refractivity contribution in [3.05, 3.63) is 191 Å². The fourth-order valence-corrected chi connectivity index (χ4v) is 9.88. The molecule has 7 aromatic carbocycles. The molecule has 0 bridgehead atoms. The van der Waals surface area contributed by atoms with E-state index < -0.39 is 5.89 Å². The van der Waals surface area contributed by atoms with Gasteiger partial charge in [0.2, 0.25) is 0 Å². The standard InChI is InChI=1S/C68H73N3O/c1-42(2)44-24-26-45(27-25-44)48-32-33-69-59(38-48)50-35-49(36-52(37-50)66(7,8)9)54-22-19-23-60-62(54)70-64(57-39-53(67(10,11)12)40-58(63(57)72)68(13,14)15)71(60)61-34-43(3)55(41-56(61)46-20-17-16-18-21-46)47-28-30-51(31-29-47)65(4,5)6/h16-42,72H,1-15H3/i42D. The number of nitrogens with zero attached hydrogens (tertiary/aromatic N) is 3. The van der Waals surface area contributed by atoms with Gasteiger partial charge in [-0.05, 0) is 144 Å². The summed E-state index contributed by atoms with van der Waals surface area (Å²) in [6, 6.07) is 54.7. The largest absolute Gasteiger partial charge is 0.507 e. The monoisotopic (exact) mass is 949 g/mol. The third-order valence-corrected chi connectivity index (χ3v) is 14.4. The van der Waals surface area contributed by atoms with Crippen molar-refractivity contribution >= 4 is 11.0 Å². The number of benzene rings is 7. The van der Waals surface area contributed by atoms with E-state index in [1.165, 1.54) is 22.3 Å². The summed E-state index contributed by atoms with van der Waals surface area (Å²) in [5, 5.41) is 12.7. The number of aromatic hydroxyl groups is 1. The van der Waals surface area contributed by atoms with Gasteiger partial charge < -0.3 is 5.11 Å². The number of para-hydroxylation sites is 1. The molecule has 2 aromatic heterocycles. The Morgan fingerprint density at radius 1 is 0.486 bits per heavy atom. The Kier molecular flexibility index (Phi) is 12.5. The van der Waals surface area contributed by atoms with Crippen LogP contribution in [0.25, 0.3) is 83.9 Å². The molecule has 0 atom stereocenters. The summed E-state index contributed by atoms with van der Waals surface area (Å²) in [6.07, 6.45) is 1.90. The summed E-state index contributed by atoms with van der Waals surface area (Å²) in [5.41, 5.74) is 19.9. The SMILES string of the molecule is [2H]C(C)(C)c1ccc(-c2ccnc(-c3cc(-c4cccc5c4nc(-c4cc(C(C)(C)C)cc(C(C)(C)C)c4O)n5-c4cc(C)c(-c5ccc(C(C)(C)C)cc5)cc4-c4ccccc4)cc(C(C)(C)C)c3)c2)cc1. The zero-order chi connectivity index (χ0) is 52.6. The number of aromatic nitrogens is 3. The highest BCUT2D eigenvalue weighted by atomic mass is 16.3. The summed E-state index contributed by atoms with van der Waals surface area (Å²) in [4.78, 5) is 10.8. The molecule has 0 saturated carbocycles. The molecule has 1 N–H and O–H groups in total. The first-order valence-corrected chi connectivity index (χ1v) is 25.6. The Labute approximate surface area is 431 Å². The van der Waals surface area contributed by atoms with E-state index >= 15 is 0 Å². The van der Waals surface area contributed by atoms with Crippen LogP contribution in [0.3, 0.4) is 0 Å². The number of hydrogen-bond donors (Lipinski definition) is 1. The fourth-order valence-electron chi connectivity index (χ4n) is 9.88. The van der Waals surface area contributed by atoms with Crippen LogP contribution >= 0.6 is 0 Å². The molecular formula is C68H73N3O. The third kappa shape index (κ3) is 9.81. The zero-order valence-electron chi connectivity index (χ0n) is 46.3. The Bertz CT molecular complexity index is 3510. The van der Waals surface area contributed by atoms with Crippen molar-refractivity contribution in [2.75, 3.05) is 0 Å². The maximum absolute atomic E-state index is 12.7. The van der Waals surface area contributed by atoms with Gasteiger partial charge in [0.1, 0.15) is 11.6 Å². The van der Waals surface area contributed by atoms with Crippen molar-refractivity contribution in [1.82, 2.24) is 14.5 Å². The van der Waals surface area contributed by atoms with Gasteiger partial charge >= 0.3 is 0 Å². The minimum Gasteiger partial charge on any atom is -0.507 e. The third-order valence-electron chi connectivity index (χ3n) is 14.4. The highest BCUT2D eigenvalue weighted by Crippen LogP contribution is 2.47. The van der Waals surface area contributed by atoms with E-state index in [0.29, 0.717) is 11.4 Å². The average Bonchev–Trinajstić information content (AvgIpc) is 3.72. The van der Waals surface area contributed by atoms with Crippen LogP contribution in [0.15, 0.2) is 158 Å². The number of phenolic OH excluding ortho intramolecular Hbond substituents is 1. The number of rotatable bonds is 8. The van der Waals surface area contributed by atoms with Crippen molar-refractivity contribution in [3.8, 4) is 78.6 Å². The summed E-state index contributed by atoms with van der Waals surface area (Å²) in [5.74, 6) is 0.245. The normalized spacial score (nSPS) is 12.9. The van der Waals surface area contributed by atoms with Gasteiger partial charge in [0.15, 0.2) is 0 Å². The summed E-state index contributed by atoms with van der Waals surface area (Å²) < 4.78 is 10.9. The van der Waals surface area contributed by atoms with Gasteiger partial charge in [-0.15, -0.1) is 0 Å². The smallest absolute Gasteiger partial charge is 0.149 e. The van der Waals surface area contributed by atoms with Crippen molar-refractivity contribution in [2.45, 2.75) is 131 Å². The Morgan fingerprint density at radius 3 is 1.72 bits per heavy atom. The van der Waals surface area contributed by atoms with Crippen LogP contribution in [0.4, 0.5) is 0 Å². The van der Waals surface area contributed by atoms with Gasteiger partial charge in [0.25, 0.3) is 0 Å². The van der Waals surface area contributed by atoms with Crippen molar-refractivity contribution in [3.63, 3.8) is 0 Å². The van der Waals surface area contributed by atoms with Crippen LogP contribution in [0.5, 0.6) is 5.75 Å². The lowest BCUT2D eigenvalue weighted by Crippen LogP contribution is -2.17. The van der Waals surface area contributed by atoms with Crippen molar-refractivity contribution in [2.24, 2.45) is 0 Å². The summed E-state index contributed by atoms with van der Waals surface area (Å²) in [6.45, 7) is 32.8. The van der Waals surface area contributed by atoms with E-state index in [1.54, 1.807) is 0 Å². The van der Waals surface area contributed by atoms with Crippen LogP contribution in [0, 0.1) is 6.92 Å².